The number of nitrogens with one attached hydrogen (secondary N) is 2. The number of aromatic nitrogens is 1. The van der Waals surface area contributed by atoms with Gasteiger partial charge in [-0.2, -0.15) is 13.2 Å². The van der Waals surface area contributed by atoms with E-state index in [0.717, 1.165) is 23.5 Å². The molecule has 30 heavy (non-hydrogen) atoms. The molecule has 0 saturated heterocycles. The summed E-state index contributed by atoms with van der Waals surface area (Å²) in [6.45, 7) is 0.218. The molecule has 2 aromatic carbocycles. The Kier molecular flexibility index (Phi) is 6.42. The fraction of sp³-hybridized carbons (Fsp3) is 0.158. The Balaban J connectivity index is 1.54. The Bertz CT molecular complexity index is 1100. The van der Waals surface area contributed by atoms with Crippen molar-refractivity contribution in [2.45, 2.75) is 17.5 Å². The first-order valence-corrected chi connectivity index (χ1v) is 11.0. The molecule has 0 saturated carbocycles. The van der Waals surface area contributed by atoms with Gasteiger partial charge in [-0.15, -0.1) is 11.3 Å². The summed E-state index contributed by atoms with van der Waals surface area (Å²) in [5, 5.41) is 4.52. The number of anilines is 1. The number of rotatable bonds is 7. The fourth-order valence-corrected chi connectivity index (χ4v) is 4.30. The zero-order valence-electron chi connectivity index (χ0n) is 15.3. The Morgan fingerprint density at radius 3 is 2.27 bits per heavy atom. The molecule has 0 fully saturated rings. The number of thiazole rings is 1. The third kappa shape index (κ3) is 5.57. The average Bonchev–Trinajstić information content (AvgIpc) is 3.20. The maximum absolute atomic E-state index is 12.6. The highest BCUT2D eigenvalue weighted by Gasteiger charge is 2.29. The van der Waals surface area contributed by atoms with Crippen LogP contribution in [0.1, 0.15) is 21.5 Å². The van der Waals surface area contributed by atoms with Gasteiger partial charge in [-0.3, -0.25) is 9.52 Å². The van der Waals surface area contributed by atoms with Crippen molar-refractivity contribution in [2.24, 2.45) is 0 Å². The van der Waals surface area contributed by atoms with Gasteiger partial charge in [0, 0.05) is 23.7 Å². The first kappa shape index (κ1) is 21.8. The van der Waals surface area contributed by atoms with E-state index >= 15 is 0 Å². The summed E-state index contributed by atoms with van der Waals surface area (Å²) in [6, 6.07) is 10.1. The van der Waals surface area contributed by atoms with Gasteiger partial charge >= 0.3 is 6.18 Å². The van der Waals surface area contributed by atoms with Crippen LogP contribution in [-0.4, -0.2) is 25.9 Å². The first-order chi connectivity index (χ1) is 14.1. The van der Waals surface area contributed by atoms with Crippen LogP contribution in [0, 0.1) is 0 Å². The minimum Gasteiger partial charge on any atom is -0.352 e. The number of hydrogen-bond acceptors (Lipinski definition) is 5. The van der Waals surface area contributed by atoms with Gasteiger partial charge in [-0.05, 0) is 48.4 Å². The average molecular weight is 455 g/mol. The second-order valence-corrected chi connectivity index (χ2v) is 8.74. The lowest BCUT2D eigenvalue weighted by Gasteiger charge is -2.09. The van der Waals surface area contributed by atoms with Crippen molar-refractivity contribution < 1.29 is 26.4 Å². The molecule has 1 heterocycles. The van der Waals surface area contributed by atoms with Gasteiger partial charge in [-0.1, -0.05) is 12.1 Å². The van der Waals surface area contributed by atoms with Crippen molar-refractivity contribution in [1.29, 1.82) is 0 Å². The summed E-state index contributed by atoms with van der Waals surface area (Å²) in [4.78, 5) is 16.0. The molecule has 3 aromatic rings. The summed E-state index contributed by atoms with van der Waals surface area (Å²) < 4.78 is 64.6. The molecular weight excluding hydrogens is 439 g/mol. The molecule has 6 nitrogen and oxygen atoms in total. The third-order valence-corrected chi connectivity index (χ3v) is 6.23. The maximum Gasteiger partial charge on any atom is 0.416 e. The monoisotopic (exact) mass is 455 g/mol. The van der Waals surface area contributed by atoms with Crippen LogP contribution in [0.15, 0.2) is 65.0 Å². The molecule has 0 radical (unpaired) electrons. The molecular formula is C19H16F3N3O3S2. The van der Waals surface area contributed by atoms with Gasteiger partial charge in [0.25, 0.3) is 15.9 Å². The van der Waals surface area contributed by atoms with Crippen LogP contribution in [-0.2, 0) is 22.6 Å². The fourth-order valence-electron chi connectivity index (χ4n) is 2.52. The highest BCUT2D eigenvalue weighted by Crippen LogP contribution is 2.29. The first-order valence-electron chi connectivity index (χ1n) is 8.62. The van der Waals surface area contributed by atoms with Crippen LogP contribution in [0.3, 0.4) is 0 Å². The van der Waals surface area contributed by atoms with E-state index in [4.69, 9.17) is 0 Å². The third-order valence-electron chi connectivity index (χ3n) is 4.06. The van der Waals surface area contributed by atoms with Gasteiger partial charge in [-0.25, -0.2) is 13.4 Å². The molecule has 0 spiro atoms. The molecule has 0 unspecified atom stereocenters. The largest absolute Gasteiger partial charge is 0.416 e. The number of benzene rings is 2. The van der Waals surface area contributed by atoms with E-state index in [1.807, 2.05) is 0 Å². The molecule has 2 N–H and O–H groups in total. The molecule has 3 rings (SSSR count). The minimum absolute atomic E-state index is 0.0148. The molecule has 0 aliphatic carbocycles. The minimum atomic E-state index is -4.39. The van der Waals surface area contributed by atoms with Gasteiger partial charge in [0.15, 0.2) is 5.13 Å². The van der Waals surface area contributed by atoms with Crippen LogP contribution < -0.4 is 10.0 Å². The highest BCUT2D eigenvalue weighted by atomic mass is 32.2. The number of carbonyl (C=O) groups excluding carboxylic acids is 1. The van der Waals surface area contributed by atoms with E-state index in [1.165, 1.54) is 42.6 Å². The van der Waals surface area contributed by atoms with E-state index < -0.39 is 27.7 Å². The number of amides is 1. The lowest BCUT2D eigenvalue weighted by Crippen LogP contribution is -2.25. The summed E-state index contributed by atoms with van der Waals surface area (Å²) >= 11 is 1.14. The smallest absolute Gasteiger partial charge is 0.352 e. The van der Waals surface area contributed by atoms with Crippen molar-refractivity contribution in [1.82, 2.24) is 10.3 Å². The van der Waals surface area contributed by atoms with Crippen LogP contribution in [0.5, 0.6) is 0 Å². The maximum atomic E-state index is 12.6. The topological polar surface area (TPSA) is 88.2 Å². The Morgan fingerprint density at radius 2 is 1.70 bits per heavy atom. The van der Waals surface area contributed by atoms with Crippen LogP contribution in [0.4, 0.5) is 18.3 Å². The number of alkyl halides is 3. The predicted octanol–water partition coefficient (Wildman–Crippen LogP) is 3.94. The normalized spacial score (nSPS) is 11.8. The summed E-state index contributed by atoms with van der Waals surface area (Å²) in [7, 11) is -3.81. The van der Waals surface area contributed by atoms with E-state index in [1.54, 1.807) is 5.38 Å². The van der Waals surface area contributed by atoms with Gasteiger partial charge in [0.2, 0.25) is 0 Å². The Morgan fingerprint density at radius 1 is 1.03 bits per heavy atom. The standard InChI is InChI=1S/C19H16F3N3O3S2/c20-19(21,22)15-5-1-13(2-6-15)9-10-23-17(26)14-3-7-16(8-4-14)30(27,28)25-18-24-11-12-29-18/h1-8,11-12H,9-10H2,(H,23,26)(H,24,25). The molecule has 1 amide bonds. The summed E-state index contributed by atoms with van der Waals surface area (Å²) in [6.07, 6.45) is -2.56. The molecule has 0 aliphatic rings. The highest BCUT2D eigenvalue weighted by molar-refractivity contribution is 7.93. The van der Waals surface area contributed by atoms with Crippen molar-refractivity contribution >= 4 is 32.4 Å². The number of hydrogen-bond donors (Lipinski definition) is 2. The van der Waals surface area contributed by atoms with Gasteiger partial charge in [0.1, 0.15) is 0 Å². The number of halogens is 3. The molecule has 158 valence electrons. The van der Waals surface area contributed by atoms with E-state index in [9.17, 15) is 26.4 Å². The SMILES string of the molecule is O=C(NCCc1ccc(C(F)(F)F)cc1)c1ccc(S(=O)(=O)Nc2nccs2)cc1. The zero-order chi connectivity index (χ0) is 21.8. The molecule has 0 bridgehead atoms. The van der Waals surface area contributed by atoms with Crippen molar-refractivity contribution in [2.75, 3.05) is 11.3 Å². The van der Waals surface area contributed by atoms with Gasteiger partial charge in [0.05, 0.1) is 10.5 Å². The van der Waals surface area contributed by atoms with Gasteiger partial charge < -0.3 is 5.32 Å². The van der Waals surface area contributed by atoms with Crippen LogP contribution in [0.2, 0.25) is 0 Å². The molecule has 0 atom stereocenters. The Labute approximate surface area is 174 Å². The quantitative estimate of drug-likeness (QED) is 0.565. The van der Waals surface area contributed by atoms with E-state index in [2.05, 4.69) is 15.0 Å². The summed E-state index contributed by atoms with van der Waals surface area (Å²) in [5.41, 5.74) is 0.184. The lowest BCUT2D eigenvalue weighted by atomic mass is 10.1. The van der Waals surface area contributed by atoms with Crippen molar-refractivity contribution in [3.63, 3.8) is 0 Å². The molecule has 0 aliphatic heterocycles. The second-order valence-electron chi connectivity index (χ2n) is 6.17. The number of carbonyl (C=O) groups is 1. The van der Waals surface area contributed by atoms with E-state index in [-0.39, 0.29) is 22.1 Å². The van der Waals surface area contributed by atoms with Crippen LogP contribution in [0.25, 0.3) is 0 Å². The molecule has 11 heteroatoms. The van der Waals surface area contributed by atoms with E-state index in [0.29, 0.717) is 12.0 Å². The molecule has 1 aromatic heterocycles. The van der Waals surface area contributed by atoms with Crippen LogP contribution >= 0.6 is 11.3 Å². The number of nitrogens with zero attached hydrogens (tertiary/aromatic N) is 1. The summed E-state index contributed by atoms with van der Waals surface area (Å²) in [5.74, 6) is -0.418. The predicted molar refractivity (Wildman–Crippen MR) is 107 cm³/mol. The lowest BCUT2D eigenvalue weighted by molar-refractivity contribution is -0.137. The van der Waals surface area contributed by atoms with Crippen molar-refractivity contribution in [3.05, 3.63) is 76.8 Å². The Hall–Kier alpha value is -2.92. The number of sulfonamides is 1. The zero-order valence-corrected chi connectivity index (χ0v) is 16.9. The van der Waals surface area contributed by atoms with Crippen molar-refractivity contribution in [3.8, 4) is 0 Å². The second kappa shape index (κ2) is 8.84.